The Morgan fingerprint density at radius 2 is 2.13 bits per heavy atom. The highest BCUT2D eigenvalue weighted by atomic mass is 32.1. The Labute approximate surface area is 177 Å². The average Bonchev–Trinajstić information content (AvgIpc) is 3.36. The summed E-state index contributed by atoms with van der Waals surface area (Å²) < 4.78 is 20.5. The van der Waals surface area contributed by atoms with E-state index in [9.17, 15) is 9.18 Å². The van der Waals surface area contributed by atoms with Gasteiger partial charge in [-0.15, -0.1) is 11.3 Å². The summed E-state index contributed by atoms with van der Waals surface area (Å²) >= 11 is 1.36. The van der Waals surface area contributed by atoms with Crippen LogP contribution in [0.5, 0.6) is 0 Å². The Bertz CT molecular complexity index is 1220. The normalized spacial score (nSPS) is 15.3. The molecule has 30 heavy (non-hydrogen) atoms. The number of carbonyl (C=O) groups is 1. The Kier molecular flexibility index (Phi) is 5.00. The molecule has 0 saturated carbocycles. The van der Waals surface area contributed by atoms with E-state index in [1.165, 1.54) is 23.0 Å². The van der Waals surface area contributed by atoms with Crippen molar-refractivity contribution in [2.75, 3.05) is 20.2 Å². The van der Waals surface area contributed by atoms with Crippen molar-refractivity contribution in [2.24, 2.45) is 0 Å². The summed E-state index contributed by atoms with van der Waals surface area (Å²) in [5.74, 6) is 0.0634. The molecule has 7 heteroatoms. The molecule has 1 saturated heterocycles. The number of carbonyl (C=O) groups excluding carboxylic acids is 1. The molecule has 0 atom stereocenters. The molecular weight excluding hydrogens is 401 g/mol. The lowest BCUT2D eigenvalue weighted by Crippen LogP contribution is -2.37. The van der Waals surface area contributed by atoms with Gasteiger partial charge in [-0.3, -0.25) is 4.79 Å². The molecule has 0 unspecified atom stereocenters. The first kappa shape index (κ1) is 19.2. The first-order valence-electron chi connectivity index (χ1n) is 10.1. The Morgan fingerprint density at radius 3 is 2.93 bits per heavy atom. The Morgan fingerprint density at radius 1 is 1.30 bits per heavy atom. The van der Waals surface area contributed by atoms with Crippen LogP contribution in [0.2, 0.25) is 0 Å². The number of ether oxygens (including phenoxy) is 1. The van der Waals surface area contributed by atoms with Crippen LogP contribution in [-0.4, -0.2) is 41.0 Å². The van der Waals surface area contributed by atoms with E-state index >= 15 is 0 Å². The van der Waals surface area contributed by atoms with Gasteiger partial charge in [-0.2, -0.15) is 0 Å². The summed E-state index contributed by atoms with van der Waals surface area (Å²) in [6.45, 7) is 1.58. The molecule has 1 fully saturated rings. The van der Waals surface area contributed by atoms with E-state index in [0.29, 0.717) is 34.8 Å². The number of fused-ring (bicyclic) bond motifs is 2. The second-order valence-corrected chi connectivity index (χ2v) is 8.72. The number of halogens is 1. The van der Waals surface area contributed by atoms with Gasteiger partial charge < -0.3 is 14.6 Å². The fourth-order valence-electron chi connectivity index (χ4n) is 4.47. The molecule has 5 rings (SSSR count). The van der Waals surface area contributed by atoms with E-state index in [-0.39, 0.29) is 18.3 Å². The summed E-state index contributed by atoms with van der Waals surface area (Å²) in [7, 11) is 1.57. The van der Waals surface area contributed by atoms with E-state index in [2.05, 4.69) is 16.0 Å². The summed E-state index contributed by atoms with van der Waals surface area (Å²) in [5.41, 5.74) is 2.84. The van der Waals surface area contributed by atoms with Crippen LogP contribution in [0.4, 0.5) is 4.39 Å². The van der Waals surface area contributed by atoms with Gasteiger partial charge in [-0.25, -0.2) is 9.37 Å². The highest BCUT2D eigenvalue weighted by Crippen LogP contribution is 2.37. The molecule has 1 aliphatic heterocycles. The molecule has 4 aromatic rings. The van der Waals surface area contributed by atoms with Gasteiger partial charge in [0.05, 0.1) is 11.5 Å². The number of nitrogens with one attached hydrogen (secondary N) is 1. The molecule has 1 aromatic carbocycles. The van der Waals surface area contributed by atoms with Gasteiger partial charge in [0.25, 0.3) is 5.91 Å². The van der Waals surface area contributed by atoms with E-state index in [1.54, 1.807) is 19.4 Å². The number of aromatic nitrogens is 2. The Balaban J connectivity index is 1.38. The summed E-state index contributed by atoms with van der Waals surface area (Å²) in [6.07, 6.45) is 5.62. The number of piperidine rings is 1. The van der Waals surface area contributed by atoms with Crippen LogP contribution in [0, 0.1) is 5.82 Å². The maximum atomic E-state index is 14.4. The lowest BCUT2D eigenvalue weighted by atomic mass is 9.89. The summed E-state index contributed by atoms with van der Waals surface area (Å²) in [5, 5.41) is 1.67. The molecule has 5 nitrogen and oxygen atoms in total. The number of rotatable bonds is 4. The molecule has 0 aliphatic carbocycles. The number of nitrogens with zero attached hydrogens (tertiary/aromatic N) is 2. The third-order valence-electron chi connectivity index (χ3n) is 5.95. The van der Waals surface area contributed by atoms with Crippen LogP contribution >= 0.6 is 11.3 Å². The van der Waals surface area contributed by atoms with Gasteiger partial charge in [0.1, 0.15) is 11.5 Å². The van der Waals surface area contributed by atoms with Crippen molar-refractivity contribution in [2.45, 2.75) is 25.4 Å². The number of thiophene rings is 1. The lowest BCUT2D eigenvalue weighted by Gasteiger charge is -2.32. The van der Waals surface area contributed by atoms with Crippen LogP contribution in [0.3, 0.4) is 0 Å². The van der Waals surface area contributed by atoms with Crippen LogP contribution in [-0.2, 0) is 11.3 Å². The zero-order valence-electron chi connectivity index (χ0n) is 16.7. The molecule has 0 bridgehead atoms. The first-order chi connectivity index (χ1) is 14.7. The van der Waals surface area contributed by atoms with Crippen LogP contribution in [0.1, 0.15) is 39.6 Å². The third-order valence-corrected chi connectivity index (χ3v) is 7.14. The monoisotopic (exact) mass is 423 g/mol. The second-order valence-electron chi connectivity index (χ2n) is 7.67. The number of pyridine rings is 1. The van der Waals surface area contributed by atoms with Crippen LogP contribution in [0.25, 0.3) is 21.1 Å². The third kappa shape index (κ3) is 3.18. The minimum atomic E-state index is -0.304. The van der Waals surface area contributed by atoms with Crippen molar-refractivity contribution in [3.05, 3.63) is 64.5 Å². The van der Waals surface area contributed by atoms with Gasteiger partial charge in [0.15, 0.2) is 0 Å². The number of H-pyrrole nitrogens is 1. The van der Waals surface area contributed by atoms with Gasteiger partial charge in [0, 0.05) is 53.6 Å². The molecule has 3 aromatic heterocycles. The predicted octanol–water partition coefficient (Wildman–Crippen LogP) is 5.08. The van der Waals surface area contributed by atoms with Crippen molar-refractivity contribution >= 4 is 38.4 Å². The van der Waals surface area contributed by atoms with Gasteiger partial charge in [-0.1, -0.05) is 6.07 Å². The lowest BCUT2D eigenvalue weighted by molar-refractivity contribution is 0.0714. The fraction of sp³-hybridized carbons (Fsp3) is 0.304. The van der Waals surface area contributed by atoms with Crippen molar-refractivity contribution in [3.63, 3.8) is 0 Å². The summed E-state index contributed by atoms with van der Waals surface area (Å²) in [6, 6.07) is 9.02. The number of amides is 1. The van der Waals surface area contributed by atoms with Gasteiger partial charge >= 0.3 is 0 Å². The van der Waals surface area contributed by atoms with Crippen molar-refractivity contribution in [3.8, 4) is 0 Å². The number of hydrogen-bond donors (Lipinski definition) is 1. The smallest absolute Gasteiger partial charge is 0.264 e. The molecule has 1 aliphatic rings. The molecule has 154 valence electrons. The molecule has 4 heterocycles. The number of methoxy groups -OCH3 is 1. The van der Waals surface area contributed by atoms with Crippen LogP contribution in [0.15, 0.2) is 42.7 Å². The topological polar surface area (TPSA) is 58.2 Å². The van der Waals surface area contributed by atoms with E-state index in [1.807, 2.05) is 23.2 Å². The molecule has 0 radical (unpaired) electrons. The van der Waals surface area contributed by atoms with Crippen molar-refractivity contribution in [1.82, 2.24) is 14.9 Å². The zero-order chi connectivity index (χ0) is 20.7. The number of benzene rings is 1. The largest absolute Gasteiger partial charge is 0.380 e. The standard InChI is InChI=1S/C23H22FN3O2S/c1-29-13-17-20-18(24)5-2-6-19(20)30-21(17)23(28)27-10-7-14(8-11-27)16-12-26-22-15(16)4-3-9-25-22/h2-6,9,12,14H,7-8,10-11,13H2,1H3,(H,25,26). The maximum absolute atomic E-state index is 14.4. The molecular formula is C23H22FN3O2S. The highest BCUT2D eigenvalue weighted by molar-refractivity contribution is 7.21. The Hall–Kier alpha value is -2.77. The number of aromatic amines is 1. The molecule has 1 amide bonds. The quantitative estimate of drug-likeness (QED) is 0.498. The van der Waals surface area contributed by atoms with Gasteiger partial charge in [0.2, 0.25) is 0 Å². The van der Waals surface area contributed by atoms with Gasteiger partial charge in [-0.05, 0) is 48.6 Å². The average molecular weight is 424 g/mol. The number of hydrogen-bond acceptors (Lipinski definition) is 4. The second kappa shape index (κ2) is 7.81. The molecule has 1 N–H and O–H groups in total. The maximum Gasteiger partial charge on any atom is 0.264 e. The zero-order valence-corrected chi connectivity index (χ0v) is 17.5. The van der Waals surface area contributed by atoms with Crippen LogP contribution < -0.4 is 0 Å². The molecule has 0 spiro atoms. The minimum Gasteiger partial charge on any atom is -0.380 e. The predicted molar refractivity (Wildman–Crippen MR) is 116 cm³/mol. The first-order valence-corrected chi connectivity index (χ1v) is 10.9. The SMILES string of the molecule is COCc1c(C(=O)N2CCC(c3c[nH]c4ncccc34)CC2)sc2cccc(F)c12. The van der Waals surface area contributed by atoms with E-state index in [4.69, 9.17) is 4.74 Å². The minimum absolute atomic E-state index is 0.0262. The van der Waals surface area contributed by atoms with Crippen molar-refractivity contribution < 1.29 is 13.9 Å². The fourth-order valence-corrected chi connectivity index (χ4v) is 5.66. The van der Waals surface area contributed by atoms with E-state index < -0.39 is 0 Å². The van der Waals surface area contributed by atoms with Crippen molar-refractivity contribution in [1.29, 1.82) is 0 Å². The highest BCUT2D eigenvalue weighted by Gasteiger charge is 2.29. The number of likely N-dealkylation sites (tertiary alicyclic amines) is 1. The summed E-state index contributed by atoms with van der Waals surface area (Å²) in [4.78, 5) is 23.4. The van der Waals surface area contributed by atoms with E-state index in [0.717, 1.165) is 28.6 Å².